The molecule has 3 nitrogen and oxygen atoms in total. The number of rotatable bonds is 6. The van der Waals surface area contributed by atoms with Gasteiger partial charge in [-0.05, 0) is 37.3 Å². The molecule has 4 heteroatoms. The number of anilines is 1. The van der Waals surface area contributed by atoms with E-state index in [1.807, 2.05) is 55.5 Å². The highest BCUT2D eigenvalue weighted by Crippen LogP contribution is 2.15. The Morgan fingerprint density at radius 2 is 1.95 bits per heavy atom. The van der Waals surface area contributed by atoms with Crippen LogP contribution in [0, 0.1) is 6.92 Å². The van der Waals surface area contributed by atoms with Crippen molar-refractivity contribution in [2.75, 3.05) is 18.5 Å². The average molecular weight is 292 g/mol. The molecule has 2 aromatic rings. The van der Waals surface area contributed by atoms with Crippen molar-refractivity contribution in [2.45, 2.75) is 13.0 Å². The van der Waals surface area contributed by atoms with Crippen LogP contribution >= 0.6 is 11.6 Å². The molecule has 0 aliphatic carbocycles. The Kier molecular flexibility index (Phi) is 5.27. The van der Waals surface area contributed by atoms with Gasteiger partial charge in [-0.1, -0.05) is 35.4 Å². The molecule has 2 aromatic carbocycles. The van der Waals surface area contributed by atoms with Crippen molar-refractivity contribution in [1.29, 1.82) is 0 Å². The second-order valence-corrected chi connectivity index (χ2v) is 5.11. The summed E-state index contributed by atoms with van der Waals surface area (Å²) in [6, 6.07) is 15.1. The number of benzene rings is 2. The lowest BCUT2D eigenvalue weighted by atomic mass is 10.2. The molecule has 0 amide bonds. The van der Waals surface area contributed by atoms with Gasteiger partial charge in [-0.2, -0.15) is 0 Å². The van der Waals surface area contributed by atoms with Crippen LogP contribution in [0.2, 0.25) is 5.02 Å². The van der Waals surface area contributed by atoms with Crippen LogP contribution < -0.4 is 10.1 Å². The number of halogens is 1. The molecule has 20 heavy (non-hydrogen) atoms. The van der Waals surface area contributed by atoms with Gasteiger partial charge >= 0.3 is 0 Å². The number of nitrogens with one attached hydrogen (secondary N) is 1. The van der Waals surface area contributed by atoms with E-state index >= 15 is 0 Å². The summed E-state index contributed by atoms with van der Waals surface area (Å²) < 4.78 is 5.52. The molecule has 0 fully saturated rings. The third kappa shape index (κ3) is 4.76. The lowest BCUT2D eigenvalue weighted by molar-refractivity contribution is 0.117. The largest absolute Gasteiger partial charge is 0.491 e. The maximum Gasteiger partial charge on any atom is 0.119 e. The molecule has 0 aromatic heterocycles. The highest BCUT2D eigenvalue weighted by atomic mass is 35.5. The Labute approximate surface area is 124 Å². The number of aryl methyl sites for hydroxylation is 1. The van der Waals surface area contributed by atoms with Crippen LogP contribution in [0.3, 0.4) is 0 Å². The lowest BCUT2D eigenvalue weighted by Gasteiger charge is -2.14. The third-order valence-electron chi connectivity index (χ3n) is 2.83. The summed E-state index contributed by atoms with van der Waals surface area (Å²) in [7, 11) is 0. The van der Waals surface area contributed by atoms with Gasteiger partial charge in [0.2, 0.25) is 0 Å². The number of ether oxygens (including phenoxy) is 1. The summed E-state index contributed by atoms with van der Waals surface area (Å²) in [5.74, 6) is 0.761. The molecule has 0 spiro atoms. The summed E-state index contributed by atoms with van der Waals surface area (Å²) in [5, 5.41) is 13.7. The van der Waals surface area contributed by atoms with E-state index in [0.717, 1.165) is 11.4 Å². The van der Waals surface area contributed by atoms with Crippen LogP contribution in [0.1, 0.15) is 5.56 Å². The van der Waals surface area contributed by atoms with Crippen LogP contribution in [-0.2, 0) is 0 Å². The number of aliphatic hydroxyl groups is 1. The average Bonchev–Trinajstić information content (AvgIpc) is 2.45. The van der Waals surface area contributed by atoms with E-state index in [2.05, 4.69) is 5.32 Å². The van der Waals surface area contributed by atoms with Crippen molar-refractivity contribution in [3.63, 3.8) is 0 Å². The standard InChI is InChI=1S/C16H18ClNO2/c1-12-5-7-16(8-6-12)20-11-15(19)10-18-14-4-2-3-13(17)9-14/h2-9,15,18-19H,10-11H2,1H3. The number of aliphatic hydroxyl groups excluding tert-OH is 1. The lowest BCUT2D eigenvalue weighted by Crippen LogP contribution is -2.26. The Balaban J connectivity index is 1.75. The second-order valence-electron chi connectivity index (χ2n) is 4.67. The first-order chi connectivity index (χ1) is 9.63. The fourth-order valence-corrected chi connectivity index (χ4v) is 1.91. The Morgan fingerprint density at radius 3 is 2.65 bits per heavy atom. The topological polar surface area (TPSA) is 41.5 Å². The Hall–Kier alpha value is -1.71. The fraction of sp³-hybridized carbons (Fsp3) is 0.250. The minimum Gasteiger partial charge on any atom is -0.491 e. The van der Waals surface area contributed by atoms with Crippen molar-refractivity contribution in [1.82, 2.24) is 0 Å². The number of hydrogen-bond donors (Lipinski definition) is 2. The SMILES string of the molecule is Cc1ccc(OCC(O)CNc2cccc(Cl)c2)cc1. The quantitative estimate of drug-likeness (QED) is 0.856. The Morgan fingerprint density at radius 1 is 1.20 bits per heavy atom. The summed E-state index contributed by atoms with van der Waals surface area (Å²) in [5.41, 5.74) is 2.06. The van der Waals surface area contributed by atoms with Crippen LogP contribution in [0.15, 0.2) is 48.5 Å². The van der Waals surface area contributed by atoms with Crippen molar-refractivity contribution in [3.8, 4) is 5.75 Å². The van der Waals surface area contributed by atoms with E-state index in [-0.39, 0.29) is 6.61 Å². The van der Waals surface area contributed by atoms with Gasteiger partial charge < -0.3 is 15.2 Å². The summed E-state index contributed by atoms with van der Waals surface area (Å²) in [6.45, 7) is 2.68. The zero-order valence-corrected chi connectivity index (χ0v) is 12.1. The van der Waals surface area contributed by atoms with Gasteiger partial charge in [-0.25, -0.2) is 0 Å². The summed E-state index contributed by atoms with van der Waals surface area (Å²) in [4.78, 5) is 0. The molecular formula is C16H18ClNO2. The van der Waals surface area contributed by atoms with E-state index in [4.69, 9.17) is 16.3 Å². The predicted octanol–water partition coefficient (Wildman–Crippen LogP) is 3.50. The molecule has 106 valence electrons. The molecule has 1 atom stereocenters. The minimum absolute atomic E-state index is 0.247. The molecule has 1 unspecified atom stereocenters. The molecule has 0 saturated heterocycles. The van der Waals surface area contributed by atoms with Crippen LogP contribution in [0.4, 0.5) is 5.69 Å². The van der Waals surface area contributed by atoms with Gasteiger partial charge in [0.1, 0.15) is 18.5 Å². The van der Waals surface area contributed by atoms with Gasteiger partial charge in [-0.15, -0.1) is 0 Å². The van der Waals surface area contributed by atoms with Crippen molar-refractivity contribution < 1.29 is 9.84 Å². The molecule has 2 N–H and O–H groups in total. The van der Waals surface area contributed by atoms with E-state index < -0.39 is 6.10 Å². The van der Waals surface area contributed by atoms with E-state index in [1.54, 1.807) is 0 Å². The van der Waals surface area contributed by atoms with Gasteiger partial charge in [0, 0.05) is 17.3 Å². The van der Waals surface area contributed by atoms with Crippen LogP contribution in [-0.4, -0.2) is 24.4 Å². The minimum atomic E-state index is -0.588. The maximum absolute atomic E-state index is 9.88. The van der Waals surface area contributed by atoms with E-state index in [0.29, 0.717) is 11.6 Å². The molecule has 2 rings (SSSR count). The van der Waals surface area contributed by atoms with Crippen LogP contribution in [0.5, 0.6) is 5.75 Å². The van der Waals surface area contributed by atoms with Gasteiger partial charge in [-0.3, -0.25) is 0 Å². The normalized spacial score (nSPS) is 11.9. The third-order valence-corrected chi connectivity index (χ3v) is 3.06. The zero-order chi connectivity index (χ0) is 14.4. The van der Waals surface area contributed by atoms with E-state index in [9.17, 15) is 5.11 Å². The highest BCUT2D eigenvalue weighted by molar-refractivity contribution is 6.30. The fourth-order valence-electron chi connectivity index (χ4n) is 1.72. The van der Waals surface area contributed by atoms with Gasteiger partial charge in [0.25, 0.3) is 0 Å². The maximum atomic E-state index is 9.88. The van der Waals surface area contributed by atoms with Gasteiger partial charge in [0.05, 0.1) is 0 Å². The summed E-state index contributed by atoms with van der Waals surface area (Å²) >= 11 is 5.89. The van der Waals surface area contributed by atoms with E-state index in [1.165, 1.54) is 5.56 Å². The van der Waals surface area contributed by atoms with Gasteiger partial charge in [0.15, 0.2) is 0 Å². The molecule has 0 aliphatic heterocycles. The monoisotopic (exact) mass is 291 g/mol. The molecule has 0 heterocycles. The highest BCUT2D eigenvalue weighted by Gasteiger charge is 2.05. The smallest absolute Gasteiger partial charge is 0.119 e. The first-order valence-electron chi connectivity index (χ1n) is 6.50. The Bertz CT molecular complexity index is 542. The van der Waals surface area contributed by atoms with Crippen molar-refractivity contribution in [2.24, 2.45) is 0 Å². The first kappa shape index (κ1) is 14.7. The van der Waals surface area contributed by atoms with Crippen molar-refractivity contribution >= 4 is 17.3 Å². The zero-order valence-electron chi connectivity index (χ0n) is 11.3. The number of hydrogen-bond acceptors (Lipinski definition) is 3. The first-order valence-corrected chi connectivity index (χ1v) is 6.88. The molecule has 0 aliphatic rings. The molecular weight excluding hydrogens is 274 g/mol. The molecule has 0 bridgehead atoms. The summed E-state index contributed by atoms with van der Waals surface area (Å²) in [6.07, 6.45) is -0.588. The molecule has 0 saturated carbocycles. The predicted molar refractivity (Wildman–Crippen MR) is 82.6 cm³/mol. The second kappa shape index (κ2) is 7.17. The van der Waals surface area contributed by atoms with Crippen LogP contribution in [0.25, 0.3) is 0 Å². The van der Waals surface area contributed by atoms with Crippen molar-refractivity contribution in [3.05, 3.63) is 59.1 Å². The molecule has 0 radical (unpaired) electrons.